The van der Waals surface area contributed by atoms with Crippen molar-refractivity contribution in [1.29, 1.82) is 0 Å². The van der Waals surface area contributed by atoms with Gasteiger partial charge in [-0.25, -0.2) is 4.98 Å². The molecule has 1 saturated carbocycles. The number of pyridine rings is 1. The second-order valence-electron chi connectivity index (χ2n) is 6.25. The molecule has 21 heavy (non-hydrogen) atoms. The lowest BCUT2D eigenvalue weighted by Crippen LogP contribution is -2.22. The van der Waals surface area contributed by atoms with Gasteiger partial charge in [-0.3, -0.25) is 0 Å². The Morgan fingerprint density at radius 2 is 2.00 bits per heavy atom. The number of hydrogen-bond acceptors (Lipinski definition) is 3. The first kappa shape index (κ1) is 14.3. The summed E-state index contributed by atoms with van der Waals surface area (Å²) in [5.74, 6) is 1.67. The van der Waals surface area contributed by atoms with E-state index in [1.165, 1.54) is 23.8 Å². The molecular weight excluding hydrogens is 260 g/mol. The van der Waals surface area contributed by atoms with Crippen LogP contribution in [-0.4, -0.2) is 17.6 Å². The van der Waals surface area contributed by atoms with Gasteiger partial charge in [0, 0.05) is 24.2 Å². The summed E-state index contributed by atoms with van der Waals surface area (Å²) in [6, 6.07) is 8.86. The van der Waals surface area contributed by atoms with Crippen LogP contribution < -0.4 is 10.1 Å². The van der Waals surface area contributed by atoms with E-state index in [4.69, 9.17) is 4.74 Å². The van der Waals surface area contributed by atoms with Crippen LogP contribution in [0.4, 0.5) is 0 Å². The molecule has 1 fully saturated rings. The summed E-state index contributed by atoms with van der Waals surface area (Å²) in [6.07, 6.45) is 5.85. The van der Waals surface area contributed by atoms with E-state index in [1.807, 2.05) is 6.20 Å². The Balaban J connectivity index is 1.79. The topological polar surface area (TPSA) is 34.2 Å². The highest BCUT2D eigenvalue weighted by atomic mass is 16.5. The van der Waals surface area contributed by atoms with Gasteiger partial charge in [0.25, 0.3) is 0 Å². The van der Waals surface area contributed by atoms with Crippen LogP contribution in [-0.2, 0) is 6.54 Å². The number of rotatable bonds is 7. The van der Waals surface area contributed by atoms with Crippen molar-refractivity contribution in [2.24, 2.45) is 5.92 Å². The van der Waals surface area contributed by atoms with Crippen molar-refractivity contribution in [2.75, 3.05) is 6.61 Å². The molecule has 0 saturated heterocycles. The highest BCUT2D eigenvalue weighted by molar-refractivity contribution is 5.89. The third-order valence-corrected chi connectivity index (χ3v) is 4.00. The number of ether oxygens (including phenoxy) is 1. The van der Waals surface area contributed by atoms with E-state index in [9.17, 15) is 0 Å². The normalized spacial score (nSPS) is 14.8. The standard InChI is InChI=1S/C18H24N2O/c1-13(2)19-11-15-12-20-18(21-10-9-14-7-8-14)17-6-4-3-5-16(15)17/h3-6,12-14,19H,7-11H2,1-2H3. The SMILES string of the molecule is CC(C)NCc1cnc(OCCC2CC2)c2ccccc12. The summed E-state index contributed by atoms with van der Waals surface area (Å²) >= 11 is 0. The van der Waals surface area contributed by atoms with E-state index >= 15 is 0 Å². The molecule has 3 nitrogen and oxygen atoms in total. The largest absolute Gasteiger partial charge is 0.477 e. The third-order valence-electron chi connectivity index (χ3n) is 4.00. The monoisotopic (exact) mass is 284 g/mol. The van der Waals surface area contributed by atoms with Crippen molar-refractivity contribution in [1.82, 2.24) is 10.3 Å². The molecule has 1 N–H and O–H groups in total. The first-order chi connectivity index (χ1) is 10.2. The molecule has 1 heterocycles. The van der Waals surface area contributed by atoms with Crippen LogP contribution in [0.1, 0.15) is 38.7 Å². The van der Waals surface area contributed by atoms with Crippen molar-refractivity contribution in [3.63, 3.8) is 0 Å². The van der Waals surface area contributed by atoms with E-state index in [0.29, 0.717) is 6.04 Å². The molecule has 1 aromatic heterocycles. The van der Waals surface area contributed by atoms with Gasteiger partial charge >= 0.3 is 0 Å². The average Bonchev–Trinajstić information content (AvgIpc) is 3.30. The van der Waals surface area contributed by atoms with Crippen LogP contribution in [0.3, 0.4) is 0 Å². The number of aromatic nitrogens is 1. The van der Waals surface area contributed by atoms with Gasteiger partial charge in [-0.1, -0.05) is 44.9 Å². The van der Waals surface area contributed by atoms with Crippen molar-refractivity contribution in [2.45, 2.75) is 45.7 Å². The van der Waals surface area contributed by atoms with Crippen molar-refractivity contribution < 1.29 is 4.74 Å². The molecule has 0 radical (unpaired) electrons. The maximum Gasteiger partial charge on any atom is 0.221 e. The van der Waals surface area contributed by atoms with E-state index in [-0.39, 0.29) is 0 Å². The van der Waals surface area contributed by atoms with Crippen molar-refractivity contribution >= 4 is 10.8 Å². The van der Waals surface area contributed by atoms with Gasteiger partial charge in [0.2, 0.25) is 5.88 Å². The second-order valence-corrected chi connectivity index (χ2v) is 6.25. The maximum atomic E-state index is 5.92. The molecule has 112 valence electrons. The molecule has 0 atom stereocenters. The molecule has 1 aliphatic rings. The van der Waals surface area contributed by atoms with Crippen LogP contribution in [0, 0.1) is 5.92 Å². The van der Waals surface area contributed by atoms with Crippen LogP contribution in [0.25, 0.3) is 10.8 Å². The lowest BCUT2D eigenvalue weighted by molar-refractivity contribution is 0.295. The maximum absolute atomic E-state index is 5.92. The van der Waals surface area contributed by atoms with Gasteiger partial charge in [-0.2, -0.15) is 0 Å². The summed E-state index contributed by atoms with van der Waals surface area (Å²) in [7, 11) is 0. The molecule has 0 aliphatic heterocycles. The molecule has 0 amide bonds. The van der Waals surface area contributed by atoms with Crippen LogP contribution >= 0.6 is 0 Å². The number of benzene rings is 1. The Morgan fingerprint density at radius 3 is 2.71 bits per heavy atom. The molecule has 0 bridgehead atoms. The summed E-state index contributed by atoms with van der Waals surface area (Å²) in [5.41, 5.74) is 1.23. The fraction of sp³-hybridized carbons (Fsp3) is 0.500. The first-order valence-corrected chi connectivity index (χ1v) is 7.97. The summed E-state index contributed by atoms with van der Waals surface area (Å²) in [5, 5.41) is 5.82. The third kappa shape index (κ3) is 3.73. The molecule has 0 unspecified atom stereocenters. The second kappa shape index (κ2) is 6.44. The summed E-state index contributed by atoms with van der Waals surface area (Å²) in [4.78, 5) is 4.54. The van der Waals surface area contributed by atoms with Gasteiger partial charge in [0.15, 0.2) is 0 Å². The number of fused-ring (bicyclic) bond motifs is 1. The van der Waals surface area contributed by atoms with Crippen LogP contribution in [0.15, 0.2) is 30.5 Å². The lowest BCUT2D eigenvalue weighted by atomic mass is 10.1. The lowest BCUT2D eigenvalue weighted by Gasteiger charge is -2.13. The minimum atomic E-state index is 0.471. The summed E-state index contributed by atoms with van der Waals surface area (Å²) in [6.45, 7) is 5.94. The zero-order valence-electron chi connectivity index (χ0n) is 12.9. The molecule has 1 aliphatic carbocycles. The zero-order chi connectivity index (χ0) is 14.7. The predicted molar refractivity (Wildman–Crippen MR) is 86.6 cm³/mol. The quantitative estimate of drug-likeness (QED) is 0.837. The van der Waals surface area contributed by atoms with Gasteiger partial charge in [0.05, 0.1) is 6.61 Å². The Hall–Kier alpha value is -1.61. The fourth-order valence-electron chi connectivity index (χ4n) is 2.52. The predicted octanol–water partition coefficient (Wildman–Crippen LogP) is 3.91. The van der Waals surface area contributed by atoms with Gasteiger partial charge in [-0.15, -0.1) is 0 Å². The minimum Gasteiger partial charge on any atom is -0.477 e. The molecule has 1 aromatic carbocycles. The Morgan fingerprint density at radius 1 is 1.24 bits per heavy atom. The fourth-order valence-corrected chi connectivity index (χ4v) is 2.52. The van der Waals surface area contributed by atoms with Gasteiger partial charge in [0.1, 0.15) is 0 Å². The summed E-state index contributed by atoms with van der Waals surface area (Å²) < 4.78 is 5.92. The molecule has 3 rings (SSSR count). The highest BCUT2D eigenvalue weighted by Crippen LogP contribution is 2.33. The smallest absolute Gasteiger partial charge is 0.221 e. The Kier molecular flexibility index (Phi) is 4.39. The highest BCUT2D eigenvalue weighted by Gasteiger charge is 2.21. The Bertz CT molecular complexity index is 605. The number of nitrogens with one attached hydrogen (secondary N) is 1. The molecule has 2 aromatic rings. The van der Waals surface area contributed by atoms with E-state index in [1.54, 1.807) is 0 Å². The molecule has 0 spiro atoms. The zero-order valence-corrected chi connectivity index (χ0v) is 12.9. The van der Waals surface area contributed by atoms with E-state index < -0.39 is 0 Å². The van der Waals surface area contributed by atoms with Crippen molar-refractivity contribution in [3.8, 4) is 5.88 Å². The number of hydrogen-bond donors (Lipinski definition) is 1. The molecule has 3 heteroatoms. The van der Waals surface area contributed by atoms with Crippen LogP contribution in [0.2, 0.25) is 0 Å². The Labute approximate surface area is 126 Å². The number of nitrogens with zero attached hydrogens (tertiary/aromatic N) is 1. The average molecular weight is 284 g/mol. The minimum absolute atomic E-state index is 0.471. The van der Waals surface area contributed by atoms with Gasteiger partial charge in [-0.05, 0) is 29.4 Å². The van der Waals surface area contributed by atoms with Crippen LogP contribution in [0.5, 0.6) is 5.88 Å². The molecular formula is C18H24N2O. The van der Waals surface area contributed by atoms with E-state index in [2.05, 4.69) is 48.4 Å². The first-order valence-electron chi connectivity index (χ1n) is 7.97. The van der Waals surface area contributed by atoms with Crippen molar-refractivity contribution in [3.05, 3.63) is 36.0 Å². The van der Waals surface area contributed by atoms with Gasteiger partial charge < -0.3 is 10.1 Å². The van der Waals surface area contributed by atoms with E-state index in [0.717, 1.165) is 36.8 Å².